The van der Waals surface area contributed by atoms with E-state index in [1.54, 1.807) is 6.07 Å². The van der Waals surface area contributed by atoms with Crippen LogP contribution in [0.25, 0.3) is 0 Å². The predicted octanol–water partition coefficient (Wildman–Crippen LogP) is 1.67. The van der Waals surface area contributed by atoms with E-state index in [0.29, 0.717) is 12.2 Å². The van der Waals surface area contributed by atoms with E-state index >= 15 is 0 Å². The Labute approximate surface area is 102 Å². The lowest BCUT2D eigenvalue weighted by Gasteiger charge is -2.20. The third-order valence-corrected chi connectivity index (χ3v) is 5.17. The van der Waals surface area contributed by atoms with Crippen molar-refractivity contribution < 1.29 is 8.42 Å². The van der Waals surface area contributed by atoms with E-state index in [4.69, 9.17) is 5.73 Å². The standard InChI is InChI=1S/C12H18N2O2S/c1-8-6-14(17(15,16)7-8)12-5-11(13)9(2)4-10(12)3/h4-5,8H,6-7,13H2,1-3H3. The third-order valence-electron chi connectivity index (χ3n) is 3.16. The molecule has 0 aromatic heterocycles. The van der Waals surface area contributed by atoms with E-state index in [9.17, 15) is 8.42 Å². The first kappa shape index (κ1) is 12.2. The van der Waals surface area contributed by atoms with E-state index in [1.165, 1.54) is 4.31 Å². The van der Waals surface area contributed by atoms with Crippen LogP contribution in [-0.4, -0.2) is 20.7 Å². The van der Waals surface area contributed by atoms with Gasteiger partial charge in [0, 0.05) is 12.2 Å². The Morgan fingerprint density at radius 2 is 1.94 bits per heavy atom. The van der Waals surface area contributed by atoms with Crippen LogP contribution in [-0.2, 0) is 10.0 Å². The van der Waals surface area contributed by atoms with Gasteiger partial charge in [-0.15, -0.1) is 0 Å². The Kier molecular flexibility index (Phi) is 2.81. The lowest BCUT2D eigenvalue weighted by atomic mass is 10.1. The van der Waals surface area contributed by atoms with Crippen LogP contribution in [0.4, 0.5) is 11.4 Å². The Balaban J connectivity index is 2.52. The minimum atomic E-state index is -3.16. The van der Waals surface area contributed by atoms with Gasteiger partial charge in [-0.25, -0.2) is 8.42 Å². The van der Waals surface area contributed by atoms with E-state index in [-0.39, 0.29) is 11.7 Å². The summed E-state index contributed by atoms with van der Waals surface area (Å²) in [5.41, 5.74) is 9.15. The molecule has 1 aliphatic heterocycles. The fourth-order valence-corrected chi connectivity index (χ4v) is 4.26. The maximum absolute atomic E-state index is 12.0. The van der Waals surface area contributed by atoms with Crippen LogP contribution < -0.4 is 10.0 Å². The highest BCUT2D eigenvalue weighted by Gasteiger charge is 2.34. The minimum Gasteiger partial charge on any atom is -0.398 e. The van der Waals surface area contributed by atoms with Crippen LogP contribution in [0.2, 0.25) is 0 Å². The second-order valence-corrected chi connectivity index (χ2v) is 6.85. The summed E-state index contributed by atoms with van der Waals surface area (Å²) in [6.45, 7) is 6.34. The van der Waals surface area contributed by atoms with Crippen molar-refractivity contribution in [1.82, 2.24) is 0 Å². The smallest absolute Gasteiger partial charge is 0.235 e. The van der Waals surface area contributed by atoms with Gasteiger partial charge in [-0.2, -0.15) is 0 Å². The second-order valence-electron chi connectivity index (χ2n) is 4.91. The van der Waals surface area contributed by atoms with E-state index in [0.717, 1.165) is 16.8 Å². The maximum Gasteiger partial charge on any atom is 0.235 e. The van der Waals surface area contributed by atoms with Gasteiger partial charge >= 0.3 is 0 Å². The second kappa shape index (κ2) is 3.91. The first-order chi connectivity index (χ1) is 7.81. The van der Waals surface area contributed by atoms with Gasteiger partial charge < -0.3 is 5.73 Å². The fraction of sp³-hybridized carbons (Fsp3) is 0.500. The number of aryl methyl sites for hydroxylation is 2. The van der Waals surface area contributed by atoms with Crippen molar-refractivity contribution in [3.8, 4) is 0 Å². The molecule has 2 rings (SSSR count). The summed E-state index contributed by atoms with van der Waals surface area (Å²) in [6.07, 6.45) is 0. The summed E-state index contributed by atoms with van der Waals surface area (Å²) in [5.74, 6) is 0.391. The minimum absolute atomic E-state index is 0.168. The van der Waals surface area contributed by atoms with Gasteiger partial charge in [0.2, 0.25) is 10.0 Å². The quantitative estimate of drug-likeness (QED) is 0.775. The third kappa shape index (κ3) is 2.11. The highest BCUT2D eigenvalue weighted by Crippen LogP contribution is 2.32. The van der Waals surface area contributed by atoms with Crippen LogP contribution in [0.5, 0.6) is 0 Å². The SMILES string of the molecule is Cc1cc(C)c(N2CC(C)CS2(=O)=O)cc1N. The molecule has 1 atom stereocenters. The molecule has 0 spiro atoms. The molecule has 5 heteroatoms. The molecule has 4 nitrogen and oxygen atoms in total. The highest BCUT2D eigenvalue weighted by atomic mass is 32.2. The molecule has 2 N–H and O–H groups in total. The average molecular weight is 254 g/mol. The zero-order chi connectivity index (χ0) is 12.8. The fourth-order valence-electron chi connectivity index (χ4n) is 2.27. The van der Waals surface area contributed by atoms with Crippen LogP contribution in [0.1, 0.15) is 18.1 Å². The van der Waals surface area contributed by atoms with Gasteiger partial charge in [-0.3, -0.25) is 4.31 Å². The van der Waals surface area contributed by atoms with Crippen molar-refractivity contribution >= 4 is 21.4 Å². The summed E-state index contributed by atoms with van der Waals surface area (Å²) >= 11 is 0. The van der Waals surface area contributed by atoms with Crippen LogP contribution >= 0.6 is 0 Å². The van der Waals surface area contributed by atoms with E-state index in [2.05, 4.69) is 0 Å². The molecule has 17 heavy (non-hydrogen) atoms. The number of hydrogen-bond acceptors (Lipinski definition) is 3. The normalized spacial score (nSPS) is 23.0. The summed E-state index contributed by atoms with van der Waals surface area (Å²) in [5, 5.41) is 0. The van der Waals surface area contributed by atoms with Crippen molar-refractivity contribution in [2.75, 3.05) is 22.3 Å². The molecule has 1 heterocycles. The molecule has 1 aliphatic rings. The molecule has 1 fully saturated rings. The number of anilines is 2. The maximum atomic E-state index is 12.0. The largest absolute Gasteiger partial charge is 0.398 e. The molecule has 1 saturated heterocycles. The number of hydrogen-bond donors (Lipinski definition) is 1. The summed E-state index contributed by atoms with van der Waals surface area (Å²) in [6, 6.07) is 3.70. The van der Waals surface area contributed by atoms with Crippen LogP contribution in [0.15, 0.2) is 12.1 Å². The van der Waals surface area contributed by atoms with E-state index in [1.807, 2.05) is 26.8 Å². The summed E-state index contributed by atoms with van der Waals surface area (Å²) < 4.78 is 25.5. The van der Waals surface area contributed by atoms with Crippen molar-refractivity contribution in [3.05, 3.63) is 23.3 Å². The van der Waals surface area contributed by atoms with Crippen molar-refractivity contribution in [2.45, 2.75) is 20.8 Å². The summed E-state index contributed by atoms with van der Waals surface area (Å²) in [4.78, 5) is 0. The molecule has 1 aromatic rings. The Hall–Kier alpha value is -1.23. The molecule has 1 unspecified atom stereocenters. The lowest BCUT2D eigenvalue weighted by molar-refractivity contribution is 0.598. The molecule has 94 valence electrons. The topological polar surface area (TPSA) is 63.4 Å². The Morgan fingerprint density at radius 1 is 1.29 bits per heavy atom. The van der Waals surface area contributed by atoms with Crippen molar-refractivity contribution in [2.24, 2.45) is 5.92 Å². The molecular weight excluding hydrogens is 236 g/mol. The first-order valence-electron chi connectivity index (χ1n) is 5.68. The van der Waals surface area contributed by atoms with Gasteiger partial charge in [-0.05, 0) is 37.0 Å². The van der Waals surface area contributed by atoms with Gasteiger partial charge in [-0.1, -0.05) is 13.0 Å². The van der Waals surface area contributed by atoms with Gasteiger partial charge in [0.25, 0.3) is 0 Å². The number of rotatable bonds is 1. The lowest BCUT2D eigenvalue weighted by Crippen LogP contribution is -2.26. The molecule has 0 amide bonds. The number of sulfonamides is 1. The molecule has 0 radical (unpaired) electrons. The molecular formula is C12H18N2O2S. The van der Waals surface area contributed by atoms with Gasteiger partial charge in [0.15, 0.2) is 0 Å². The molecule has 0 bridgehead atoms. The summed E-state index contributed by atoms with van der Waals surface area (Å²) in [7, 11) is -3.16. The molecule has 0 saturated carbocycles. The highest BCUT2D eigenvalue weighted by molar-refractivity contribution is 7.93. The number of nitrogens with zero attached hydrogens (tertiary/aromatic N) is 1. The van der Waals surface area contributed by atoms with Gasteiger partial charge in [0.1, 0.15) is 0 Å². The van der Waals surface area contributed by atoms with Gasteiger partial charge in [0.05, 0.1) is 11.4 Å². The van der Waals surface area contributed by atoms with Crippen LogP contribution in [0, 0.1) is 19.8 Å². The number of nitrogens with two attached hydrogens (primary N) is 1. The van der Waals surface area contributed by atoms with Crippen LogP contribution in [0.3, 0.4) is 0 Å². The zero-order valence-electron chi connectivity index (χ0n) is 10.4. The Bertz CT molecular complexity index is 552. The predicted molar refractivity (Wildman–Crippen MR) is 70.6 cm³/mol. The molecule has 1 aromatic carbocycles. The molecule has 0 aliphatic carbocycles. The zero-order valence-corrected chi connectivity index (χ0v) is 11.2. The monoisotopic (exact) mass is 254 g/mol. The first-order valence-corrected chi connectivity index (χ1v) is 7.29. The number of nitrogen functional groups attached to an aromatic ring is 1. The van der Waals surface area contributed by atoms with E-state index < -0.39 is 10.0 Å². The average Bonchev–Trinajstić information content (AvgIpc) is 2.45. The number of benzene rings is 1. The van der Waals surface area contributed by atoms with Crippen molar-refractivity contribution in [1.29, 1.82) is 0 Å². The van der Waals surface area contributed by atoms with Crippen molar-refractivity contribution in [3.63, 3.8) is 0 Å². The Morgan fingerprint density at radius 3 is 2.47 bits per heavy atom.